The van der Waals surface area contributed by atoms with Gasteiger partial charge < -0.3 is 19.5 Å². The van der Waals surface area contributed by atoms with Crippen molar-refractivity contribution in [1.82, 2.24) is 0 Å². The normalized spacial score (nSPS) is 17.4. The summed E-state index contributed by atoms with van der Waals surface area (Å²) in [6.07, 6.45) is 1.56. The third-order valence-electron chi connectivity index (χ3n) is 4.15. The maximum Gasteiger partial charge on any atom is 0.265 e. The van der Waals surface area contributed by atoms with Gasteiger partial charge in [0, 0.05) is 17.3 Å². The lowest BCUT2D eigenvalue weighted by atomic mass is 10.2. The molecule has 2 atom stereocenters. The van der Waals surface area contributed by atoms with Crippen LogP contribution in [0.2, 0.25) is 10.0 Å². The van der Waals surface area contributed by atoms with E-state index in [-0.39, 0.29) is 12.0 Å². The average Bonchev–Trinajstić information content (AvgIpc) is 3.17. The van der Waals surface area contributed by atoms with Crippen LogP contribution in [0.4, 0.5) is 5.69 Å². The van der Waals surface area contributed by atoms with Crippen molar-refractivity contribution in [1.29, 1.82) is 0 Å². The van der Waals surface area contributed by atoms with Gasteiger partial charge in [-0.3, -0.25) is 4.79 Å². The van der Waals surface area contributed by atoms with Crippen LogP contribution in [-0.4, -0.2) is 31.3 Å². The quantitative estimate of drug-likeness (QED) is 0.701. The molecule has 1 amide bonds. The van der Waals surface area contributed by atoms with Crippen LogP contribution in [0, 0.1) is 0 Å². The van der Waals surface area contributed by atoms with Gasteiger partial charge in [-0.1, -0.05) is 23.2 Å². The molecule has 0 spiro atoms. The largest absolute Gasteiger partial charge is 0.491 e. The fraction of sp³-hybridized carbons (Fsp3) is 0.350. The lowest BCUT2D eigenvalue weighted by molar-refractivity contribution is -0.122. The molecule has 1 aliphatic rings. The minimum absolute atomic E-state index is 0.169. The number of hydrogen-bond acceptors (Lipinski definition) is 4. The Morgan fingerprint density at radius 3 is 2.70 bits per heavy atom. The lowest BCUT2D eigenvalue weighted by Crippen LogP contribution is -2.30. The molecular formula is C20H21Cl2NO4. The molecule has 0 aromatic heterocycles. The Kier molecular flexibility index (Phi) is 6.83. The van der Waals surface area contributed by atoms with Gasteiger partial charge in [-0.2, -0.15) is 0 Å². The number of carbonyl (C=O) groups excluding carboxylic acids is 1. The molecule has 0 unspecified atom stereocenters. The zero-order chi connectivity index (χ0) is 19.2. The lowest BCUT2D eigenvalue weighted by Gasteiger charge is -2.16. The SMILES string of the molecule is C[C@H](Oc1ccc(Cl)cc1Cl)C(=O)Nc1ccc(OC[C@H]2CCCO2)cc1. The van der Waals surface area contributed by atoms with Crippen LogP contribution >= 0.6 is 23.2 Å². The predicted octanol–water partition coefficient (Wildman–Crippen LogP) is 4.96. The number of benzene rings is 2. The van der Waals surface area contributed by atoms with Crippen LogP contribution in [0.1, 0.15) is 19.8 Å². The Morgan fingerprint density at radius 1 is 1.26 bits per heavy atom. The van der Waals surface area contributed by atoms with Gasteiger partial charge in [0.15, 0.2) is 6.10 Å². The Labute approximate surface area is 168 Å². The Morgan fingerprint density at radius 2 is 2.04 bits per heavy atom. The molecule has 0 saturated carbocycles. The number of hydrogen-bond donors (Lipinski definition) is 1. The van der Waals surface area contributed by atoms with Gasteiger partial charge in [-0.15, -0.1) is 0 Å². The predicted molar refractivity (Wildman–Crippen MR) is 106 cm³/mol. The van der Waals surface area contributed by atoms with E-state index in [9.17, 15) is 4.79 Å². The van der Waals surface area contributed by atoms with Crippen molar-refractivity contribution >= 4 is 34.8 Å². The molecular weight excluding hydrogens is 389 g/mol. The number of amides is 1. The summed E-state index contributed by atoms with van der Waals surface area (Å²) in [5, 5.41) is 3.67. The monoisotopic (exact) mass is 409 g/mol. The highest BCUT2D eigenvalue weighted by Gasteiger charge is 2.17. The molecule has 144 valence electrons. The van der Waals surface area contributed by atoms with Crippen LogP contribution in [0.3, 0.4) is 0 Å². The third-order valence-corrected chi connectivity index (χ3v) is 4.68. The number of halogens is 2. The van der Waals surface area contributed by atoms with E-state index in [4.69, 9.17) is 37.4 Å². The smallest absolute Gasteiger partial charge is 0.265 e. The number of rotatable bonds is 7. The zero-order valence-electron chi connectivity index (χ0n) is 14.9. The highest BCUT2D eigenvalue weighted by Crippen LogP contribution is 2.28. The fourth-order valence-corrected chi connectivity index (χ4v) is 3.11. The number of anilines is 1. The highest BCUT2D eigenvalue weighted by atomic mass is 35.5. The molecule has 2 aromatic rings. The standard InChI is InChI=1S/C20H21Cl2NO4/c1-13(27-19-9-4-14(21)11-18(19)22)20(24)23-15-5-7-16(8-6-15)26-12-17-3-2-10-25-17/h4-9,11,13,17H,2-3,10,12H2,1H3,(H,23,24)/t13-,17+/m0/s1. The van der Waals surface area contributed by atoms with Crippen molar-refractivity contribution in [3.8, 4) is 11.5 Å². The van der Waals surface area contributed by atoms with Crippen molar-refractivity contribution < 1.29 is 19.0 Å². The molecule has 7 heteroatoms. The topological polar surface area (TPSA) is 56.8 Å². The summed E-state index contributed by atoms with van der Waals surface area (Å²) in [5.74, 6) is 0.858. The summed E-state index contributed by atoms with van der Waals surface area (Å²) in [7, 11) is 0. The molecule has 1 aliphatic heterocycles. The zero-order valence-corrected chi connectivity index (χ0v) is 16.4. The van der Waals surface area contributed by atoms with Gasteiger partial charge in [0.25, 0.3) is 5.91 Å². The molecule has 1 N–H and O–H groups in total. The van der Waals surface area contributed by atoms with Gasteiger partial charge in [-0.25, -0.2) is 0 Å². The minimum Gasteiger partial charge on any atom is -0.491 e. The molecule has 3 rings (SSSR count). The minimum atomic E-state index is -0.723. The van der Waals surface area contributed by atoms with Crippen LogP contribution in [0.25, 0.3) is 0 Å². The van der Waals surface area contributed by atoms with Gasteiger partial charge in [0.05, 0.1) is 11.1 Å². The van der Waals surface area contributed by atoms with Crippen molar-refractivity contribution in [2.75, 3.05) is 18.5 Å². The first-order valence-electron chi connectivity index (χ1n) is 8.78. The van der Waals surface area contributed by atoms with E-state index in [1.54, 1.807) is 37.3 Å². The fourth-order valence-electron chi connectivity index (χ4n) is 2.66. The second kappa shape index (κ2) is 9.31. The number of carbonyl (C=O) groups is 1. The van der Waals surface area contributed by atoms with Crippen molar-refractivity contribution in [2.45, 2.75) is 32.0 Å². The summed E-state index contributed by atoms with van der Waals surface area (Å²) in [6.45, 7) is 3.00. The molecule has 1 saturated heterocycles. The van der Waals surface area contributed by atoms with Crippen molar-refractivity contribution in [3.05, 3.63) is 52.5 Å². The van der Waals surface area contributed by atoms with Gasteiger partial charge in [0.2, 0.25) is 0 Å². The first-order chi connectivity index (χ1) is 13.0. The van der Waals surface area contributed by atoms with E-state index in [1.807, 2.05) is 12.1 Å². The summed E-state index contributed by atoms with van der Waals surface area (Å²) in [5.41, 5.74) is 0.655. The third kappa shape index (κ3) is 5.76. The molecule has 1 fully saturated rings. The molecule has 1 heterocycles. The van der Waals surface area contributed by atoms with Crippen molar-refractivity contribution in [2.24, 2.45) is 0 Å². The van der Waals surface area contributed by atoms with E-state index >= 15 is 0 Å². The second-order valence-corrected chi connectivity index (χ2v) is 7.14. The van der Waals surface area contributed by atoms with E-state index in [0.717, 1.165) is 25.2 Å². The summed E-state index contributed by atoms with van der Waals surface area (Å²) >= 11 is 11.9. The van der Waals surface area contributed by atoms with Gasteiger partial charge >= 0.3 is 0 Å². The second-order valence-electron chi connectivity index (χ2n) is 6.29. The van der Waals surface area contributed by atoms with E-state index in [0.29, 0.717) is 28.1 Å². The van der Waals surface area contributed by atoms with Crippen molar-refractivity contribution in [3.63, 3.8) is 0 Å². The van der Waals surface area contributed by atoms with Crippen LogP contribution in [0.5, 0.6) is 11.5 Å². The first-order valence-corrected chi connectivity index (χ1v) is 9.54. The van der Waals surface area contributed by atoms with E-state index in [1.165, 1.54) is 0 Å². The highest BCUT2D eigenvalue weighted by molar-refractivity contribution is 6.35. The van der Waals surface area contributed by atoms with E-state index < -0.39 is 6.10 Å². The number of nitrogens with one attached hydrogen (secondary N) is 1. The van der Waals surface area contributed by atoms with Crippen LogP contribution < -0.4 is 14.8 Å². The summed E-state index contributed by atoms with van der Waals surface area (Å²) in [4.78, 5) is 12.3. The van der Waals surface area contributed by atoms with Crippen LogP contribution in [0.15, 0.2) is 42.5 Å². The van der Waals surface area contributed by atoms with Crippen LogP contribution in [-0.2, 0) is 9.53 Å². The average molecular weight is 410 g/mol. The summed E-state index contributed by atoms with van der Waals surface area (Å²) < 4.78 is 16.9. The summed E-state index contributed by atoms with van der Waals surface area (Å²) in [6, 6.07) is 12.0. The maximum atomic E-state index is 12.3. The molecule has 27 heavy (non-hydrogen) atoms. The molecule has 0 aliphatic carbocycles. The molecule has 2 aromatic carbocycles. The molecule has 0 bridgehead atoms. The Hall–Kier alpha value is -1.95. The molecule has 0 radical (unpaired) electrons. The number of ether oxygens (including phenoxy) is 3. The Bertz CT molecular complexity index is 776. The first kappa shape index (κ1) is 19.8. The van der Waals surface area contributed by atoms with Gasteiger partial charge in [0.1, 0.15) is 18.1 Å². The van der Waals surface area contributed by atoms with E-state index in [2.05, 4.69) is 5.32 Å². The Balaban J connectivity index is 1.50. The molecule has 5 nitrogen and oxygen atoms in total. The van der Waals surface area contributed by atoms with Gasteiger partial charge in [-0.05, 0) is 62.2 Å². The maximum absolute atomic E-state index is 12.3.